The number of ketones is 1. The van der Waals surface area contributed by atoms with E-state index < -0.39 is 138 Å². The number of hydrogen-bond acceptors (Lipinski definition) is 17. The van der Waals surface area contributed by atoms with Gasteiger partial charge >= 0.3 is 17.9 Å². The normalized spacial score (nSPS) is 48.8. The lowest BCUT2D eigenvalue weighted by molar-refractivity contribution is -0.303. The quantitative estimate of drug-likeness (QED) is 0.102. The SMILES string of the molecule is COC(=O)C12OCC34C(CC5C(C)=C(OC6OC(CO)C(O)C(O)C6O)C(=O)C(O)C5(C)C3C(O)C1O)OC(=O)C(OC(=O)CC(C)C)C24. The van der Waals surface area contributed by atoms with E-state index in [0.29, 0.717) is 0 Å². The van der Waals surface area contributed by atoms with Crippen molar-refractivity contribution in [2.75, 3.05) is 20.3 Å². The number of aliphatic hydroxyl groups excluding tert-OH is 7. The van der Waals surface area contributed by atoms with Crippen molar-refractivity contribution in [3.05, 3.63) is 11.3 Å². The van der Waals surface area contributed by atoms with Crippen LogP contribution in [0.5, 0.6) is 0 Å². The summed E-state index contributed by atoms with van der Waals surface area (Å²) in [5, 5.41) is 76.3. The number of carbonyl (C=O) groups is 4. The van der Waals surface area contributed by atoms with Crippen LogP contribution in [0.3, 0.4) is 0 Å². The molecule has 7 N–H and O–H groups in total. The molecule has 16 atom stereocenters. The van der Waals surface area contributed by atoms with Crippen LogP contribution in [-0.4, -0.2) is 147 Å². The van der Waals surface area contributed by atoms with Crippen molar-refractivity contribution in [1.29, 1.82) is 0 Å². The first-order valence-electron chi connectivity index (χ1n) is 16.3. The minimum absolute atomic E-state index is 0.0954. The van der Waals surface area contributed by atoms with E-state index in [-0.39, 0.29) is 24.3 Å². The van der Waals surface area contributed by atoms with Crippen molar-refractivity contribution in [1.82, 2.24) is 0 Å². The summed E-state index contributed by atoms with van der Waals surface area (Å²) in [6, 6.07) is 0. The van der Waals surface area contributed by atoms with Crippen LogP contribution in [0.2, 0.25) is 0 Å². The Morgan fingerprint density at radius 3 is 2.29 bits per heavy atom. The predicted octanol–water partition coefficient (Wildman–Crippen LogP) is -3.17. The Bertz CT molecular complexity index is 1430. The second-order valence-electron chi connectivity index (χ2n) is 14.8. The summed E-state index contributed by atoms with van der Waals surface area (Å²) in [5.74, 6) is -8.31. The summed E-state index contributed by atoms with van der Waals surface area (Å²) in [6.07, 6.45) is -17.6. The van der Waals surface area contributed by atoms with Gasteiger partial charge in [0, 0.05) is 23.2 Å². The number of allylic oxidation sites excluding steroid dienone is 1. The van der Waals surface area contributed by atoms with Gasteiger partial charge in [-0.2, -0.15) is 0 Å². The van der Waals surface area contributed by atoms with Gasteiger partial charge < -0.3 is 64.2 Å². The summed E-state index contributed by atoms with van der Waals surface area (Å²) in [6.45, 7) is 5.32. The maximum absolute atomic E-state index is 14.0. The molecule has 0 amide bonds. The number of fused-ring (bicyclic) bond motifs is 2. The van der Waals surface area contributed by atoms with Gasteiger partial charge in [-0.1, -0.05) is 20.8 Å². The summed E-state index contributed by atoms with van der Waals surface area (Å²) in [7, 11) is 1.03. The molecular formula is C32H44O17. The minimum atomic E-state index is -2.39. The standard InChI is InChI=1S/C32H44O17/c1-10(2)6-15(34)48-22-24-31-9-45-32(24,29(43)44-5)26(41)20(39)23(31)30(4)12(7-14(31)47-27(22)42)11(3)21(19(38)25(30)40)49-28-18(37)17(36)16(35)13(8-33)46-28/h10,12-14,16-18,20,22-26,28,33,35-37,39-41H,6-9H2,1-5H3. The number of carbonyl (C=O) groups excluding carboxylic acids is 4. The highest BCUT2D eigenvalue weighted by Gasteiger charge is 2.86. The molecule has 0 aromatic carbocycles. The van der Waals surface area contributed by atoms with E-state index in [0.717, 1.165) is 7.11 Å². The molecule has 6 aliphatic rings. The van der Waals surface area contributed by atoms with Gasteiger partial charge in [-0.3, -0.25) is 9.59 Å². The van der Waals surface area contributed by atoms with Gasteiger partial charge in [-0.05, 0) is 30.8 Å². The number of esters is 3. The smallest absolute Gasteiger partial charge is 0.348 e. The lowest BCUT2D eigenvalue weighted by atomic mass is 9.37. The third kappa shape index (κ3) is 4.70. The van der Waals surface area contributed by atoms with Gasteiger partial charge in [0.1, 0.15) is 42.7 Å². The highest BCUT2D eigenvalue weighted by atomic mass is 16.7. The van der Waals surface area contributed by atoms with Gasteiger partial charge in [-0.15, -0.1) is 0 Å². The van der Waals surface area contributed by atoms with Crippen molar-refractivity contribution >= 4 is 23.7 Å². The molecule has 2 saturated carbocycles. The molecule has 274 valence electrons. The van der Waals surface area contributed by atoms with Crippen LogP contribution >= 0.6 is 0 Å². The van der Waals surface area contributed by atoms with Crippen molar-refractivity contribution in [3.8, 4) is 0 Å². The number of ether oxygens (including phenoxy) is 6. The molecule has 0 aromatic heterocycles. The van der Waals surface area contributed by atoms with Gasteiger partial charge in [0.25, 0.3) is 0 Å². The van der Waals surface area contributed by atoms with Crippen LogP contribution < -0.4 is 0 Å². The van der Waals surface area contributed by atoms with Crippen LogP contribution in [0, 0.1) is 34.5 Å². The summed E-state index contributed by atoms with van der Waals surface area (Å²) < 4.78 is 33.9. The van der Waals surface area contributed by atoms with Gasteiger partial charge in [0.2, 0.25) is 23.8 Å². The lowest BCUT2D eigenvalue weighted by Crippen LogP contribution is -2.80. The molecule has 3 aliphatic heterocycles. The van der Waals surface area contributed by atoms with Crippen LogP contribution in [0.25, 0.3) is 0 Å². The zero-order chi connectivity index (χ0) is 36.1. The summed E-state index contributed by atoms with van der Waals surface area (Å²) in [5.41, 5.74) is -5.47. The van der Waals surface area contributed by atoms with Crippen LogP contribution in [0.15, 0.2) is 11.3 Å². The molecule has 1 spiro atoms. The third-order valence-corrected chi connectivity index (χ3v) is 11.9. The molecule has 6 rings (SSSR count). The number of methoxy groups -OCH3 is 1. The van der Waals surface area contributed by atoms with E-state index in [2.05, 4.69) is 0 Å². The van der Waals surface area contributed by atoms with Crippen molar-refractivity contribution in [2.45, 2.75) is 107 Å². The third-order valence-electron chi connectivity index (χ3n) is 11.9. The molecule has 3 heterocycles. The zero-order valence-corrected chi connectivity index (χ0v) is 27.6. The highest BCUT2D eigenvalue weighted by molar-refractivity contribution is 5.99. The maximum atomic E-state index is 14.0. The van der Waals surface area contributed by atoms with E-state index in [1.807, 2.05) is 0 Å². The molecule has 2 bridgehead atoms. The molecule has 3 aliphatic carbocycles. The molecule has 49 heavy (non-hydrogen) atoms. The van der Waals surface area contributed by atoms with E-state index in [1.54, 1.807) is 13.8 Å². The Labute approximate surface area is 280 Å². The molecule has 16 unspecified atom stereocenters. The van der Waals surface area contributed by atoms with Gasteiger partial charge in [0.05, 0.1) is 32.3 Å². The number of rotatable bonds is 7. The molecule has 0 radical (unpaired) electrons. The van der Waals surface area contributed by atoms with Gasteiger partial charge in [-0.25, -0.2) is 9.59 Å². The molecular weight excluding hydrogens is 656 g/mol. The first kappa shape index (κ1) is 36.1. The maximum Gasteiger partial charge on any atom is 0.348 e. The van der Waals surface area contributed by atoms with Crippen LogP contribution in [0.4, 0.5) is 0 Å². The summed E-state index contributed by atoms with van der Waals surface area (Å²) in [4.78, 5) is 54.3. The zero-order valence-electron chi connectivity index (χ0n) is 27.6. The van der Waals surface area contributed by atoms with Crippen LogP contribution in [0.1, 0.15) is 40.5 Å². The van der Waals surface area contributed by atoms with E-state index in [9.17, 15) is 54.9 Å². The highest BCUT2D eigenvalue weighted by Crippen LogP contribution is 2.73. The molecule has 3 saturated heterocycles. The molecule has 17 nitrogen and oxygen atoms in total. The first-order valence-corrected chi connectivity index (χ1v) is 16.3. The number of aliphatic hydroxyl groups is 7. The van der Waals surface area contributed by atoms with E-state index in [4.69, 9.17) is 28.4 Å². The largest absolute Gasteiger partial charge is 0.467 e. The Hall–Kier alpha value is -2.74. The Morgan fingerprint density at radius 1 is 1.00 bits per heavy atom. The fraction of sp³-hybridized carbons (Fsp3) is 0.812. The summed E-state index contributed by atoms with van der Waals surface area (Å²) >= 11 is 0. The fourth-order valence-corrected chi connectivity index (χ4v) is 9.78. The number of Topliss-reactive ketones (excluding diaryl/α,β-unsaturated/α-hetero) is 1. The average Bonchev–Trinajstić information content (AvgIpc) is 3.36. The van der Waals surface area contributed by atoms with Crippen molar-refractivity contribution in [2.24, 2.45) is 34.5 Å². The molecule has 17 heteroatoms. The average molecular weight is 701 g/mol. The Kier molecular flexibility index (Phi) is 8.98. The molecule has 0 aromatic rings. The second-order valence-corrected chi connectivity index (χ2v) is 14.8. The first-order chi connectivity index (χ1) is 22.9. The Morgan fingerprint density at radius 2 is 1.67 bits per heavy atom. The van der Waals surface area contributed by atoms with Crippen molar-refractivity contribution < 1.29 is 83.3 Å². The number of hydrogen-bond donors (Lipinski definition) is 7. The monoisotopic (exact) mass is 700 g/mol. The minimum Gasteiger partial charge on any atom is -0.467 e. The lowest BCUT2D eigenvalue weighted by Gasteiger charge is -2.67. The second kappa shape index (κ2) is 12.2. The van der Waals surface area contributed by atoms with Crippen molar-refractivity contribution in [3.63, 3.8) is 0 Å². The predicted molar refractivity (Wildman–Crippen MR) is 156 cm³/mol. The topological polar surface area (TPSA) is 265 Å². The van der Waals surface area contributed by atoms with Crippen LogP contribution in [-0.2, 0) is 47.6 Å². The Balaban J connectivity index is 1.46. The van der Waals surface area contributed by atoms with E-state index in [1.165, 1.54) is 13.8 Å². The molecule has 5 fully saturated rings. The van der Waals surface area contributed by atoms with Gasteiger partial charge in [0.15, 0.2) is 5.76 Å². The van der Waals surface area contributed by atoms with E-state index >= 15 is 0 Å². The fourth-order valence-electron chi connectivity index (χ4n) is 9.78.